The van der Waals surface area contributed by atoms with E-state index in [-0.39, 0.29) is 11.1 Å². The molecule has 0 bridgehead atoms. The average Bonchev–Trinajstić information content (AvgIpc) is 2.88. The van der Waals surface area contributed by atoms with Gasteiger partial charge in [-0.3, -0.25) is 9.36 Å². The van der Waals surface area contributed by atoms with Crippen molar-refractivity contribution in [2.75, 3.05) is 0 Å². The Kier molecular flexibility index (Phi) is 2.77. The van der Waals surface area contributed by atoms with E-state index in [1.807, 2.05) is 55.5 Å². The van der Waals surface area contributed by atoms with Crippen LogP contribution in [0.4, 0.5) is 0 Å². The number of para-hydroxylation sites is 1. The number of aromatic amines is 1. The van der Waals surface area contributed by atoms with Gasteiger partial charge in [-0.05, 0) is 43.4 Å². The third-order valence-corrected chi connectivity index (χ3v) is 4.00. The number of aromatic nitrogens is 2. The van der Waals surface area contributed by atoms with Gasteiger partial charge in [0.2, 0.25) is 5.58 Å². The van der Waals surface area contributed by atoms with Gasteiger partial charge in [0, 0.05) is 5.39 Å². The van der Waals surface area contributed by atoms with Gasteiger partial charge in [0.1, 0.15) is 11.1 Å². The predicted octanol–water partition coefficient (Wildman–Crippen LogP) is 4.10. The largest absolute Gasteiger partial charge is 0.449 e. The van der Waals surface area contributed by atoms with Crippen LogP contribution in [0.1, 0.15) is 5.56 Å². The highest BCUT2D eigenvalue weighted by atomic mass is 32.1. The molecule has 22 heavy (non-hydrogen) atoms. The summed E-state index contributed by atoms with van der Waals surface area (Å²) in [5.41, 5.74) is 3.20. The van der Waals surface area contributed by atoms with Gasteiger partial charge in [0.15, 0.2) is 4.77 Å². The van der Waals surface area contributed by atoms with E-state index in [4.69, 9.17) is 16.6 Å². The monoisotopic (exact) mass is 308 g/mol. The molecule has 4 aromatic rings. The molecule has 0 spiro atoms. The lowest BCUT2D eigenvalue weighted by Crippen LogP contribution is -2.19. The summed E-state index contributed by atoms with van der Waals surface area (Å²) in [6.45, 7) is 2.00. The standard InChI is InChI=1S/C17H12N2O2S/c1-10-6-8-11(9-7-10)19-16(20)15-14(18-17(19)22)12-4-2-3-5-13(12)21-15/h2-9H,1H3,(H,18,22). The molecule has 5 heteroatoms. The molecule has 0 amide bonds. The van der Waals surface area contributed by atoms with Crippen LogP contribution in [0.2, 0.25) is 0 Å². The van der Waals surface area contributed by atoms with Gasteiger partial charge in [-0.15, -0.1) is 0 Å². The summed E-state index contributed by atoms with van der Waals surface area (Å²) in [5.74, 6) is 0. The van der Waals surface area contributed by atoms with Gasteiger partial charge < -0.3 is 9.40 Å². The molecule has 108 valence electrons. The summed E-state index contributed by atoms with van der Waals surface area (Å²) in [6.07, 6.45) is 0. The van der Waals surface area contributed by atoms with Gasteiger partial charge in [-0.2, -0.15) is 0 Å². The number of hydrogen-bond donors (Lipinski definition) is 1. The number of fused-ring (bicyclic) bond motifs is 3. The van der Waals surface area contributed by atoms with Crippen LogP contribution in [0.25, 0.3) is 27.8 Å². The molecule has 0 aliphatic carbocycles. The van der Waals surface area contributed by atoms with Crippen LogP contribution >= 0.6 is 12.2 Å². The first-order valence-electron chi connectivity index (χ1n) is 6.89. The minimum atomic E-state index is -0.251. The third kappa shape index (κ3) is 1.83. The van der Waals surface area contributed by atoms with E-state index in [2.05, 4.69) is 4.98 Å². The minimum absolute atomic E-state index is 0.251. The van der Waals surface area contributed by atoms with E-state index in [0.29, 0.717) is 15.9 Å². The van der Waals surface area contributed by atoms with E-state index in [1.165, 1.54) is 4.57 Å². The van der Waals surface area contributed by atoms with E-state index < -0.39 is 0 Å². The van der Waals surface area contributed by atoms with Crippen molar-refractivity contribution in [3.8, 4) is 5.69 Å². The van der Waals surface area contributed by atoms with Gasteiger partial charge >= 0.3 is 5.56 Å². The first-order valence-corrected chi connectivity index (χ1v) is 7.29. The molecule has 0 aliphatic heterocycles. The summed E-state index contributed by atoms with van der Waals surface area (Å²) < 4.78 is 7.53. The van der Waals surface area contributed by atoms with Crippen LogP contribution in [-0.2, 0) is 0 Å². The summed E-state index contributed by atoms with van der Waals surface area (Å²) in [7, 11) is 0. The van der Waals surface area contributed by atoms with E-state index in [0.717, 1.165) is 16.6 Å². The fourth-order valence-corrected chi connectivity index (χ4v) is 2.90. The third-order valence-electron chi connectivity index (χ3n) is 3.72. The number of hydrogen-bond acceptors (Lipinski definition) is 3. The maximum Gasteiger partial charge on any atom is 0.302 e. The second-order valence-corrected chi connectivity index (χ2v) is 5.60. The molecule has 1 N–H and O–H groups in total. The summed E-state index contributed by atoms with van der Waals surface area (Å²) in [4.78, 5) is 15.9. The van der Waals surface area contributed by atoms with Crippen LogP contribution in [-0.4, -0.2) is 9.55 Å². The molecular formula is C17H12N2O2S. The van der Waals surface area contributed by atoms with Crippen LogP contribution in [0.3, 0.4) is 0 Å². The molecule has 0 saturated carbocycles. The quantitative estimate of drug-likeness (QED) is 0.539. The normalized spacial score (nSPS) is 11.3. The molecule has 0 fully saturated rings. The molecule has 0 radical (unpaired) electrons. The maximum atomic E-state index is 12.8. The molecule has 2 heterocycles. The minimum Gasteiger partial charge on any atom is -0.449 e. The molecule has 2 aromatic carbocycles. The van der Waals surface area contributed by atoms with E-state index in [1.54, 1.807) is 0 Å². The smallest absolute Gasteiger partial charge is 0.302 e. The first kappa shape index (κ1) is 13.0. The lowest BCUT2D eigenvalue weighted by molar-refractivity contribution is 0.656. The van der Waals surface area contributed by atoms with Gasteiger partial charge in [0.25, 0.3) is 0 Å². The molecule has 0 atom stereocenters. The molecule has 2 aromatic heterocycles. The lowest BCUT2D eigenvalue weighted by Gasteiger charge is -2.06. The molecule has 0 unspecified atom stereocenters. The average molecular weight is 308 g/mol. The number of furan rings is 1. The first-order chi connectivity index (χ1) is 10.6. The Bertz CT molecular complexity index is 1120. The predicted molar refractivity (Wildman–Crippen MR) is 89.2 cm³/mol. The van der Waals surface area contributed by atoms with Crippen LogP contribution < -0.4 is 5.56 Å². The highest BCUT2D eigenvalue weighted by molar-refractivity contribution is 7.71. The number of aryl methyl sites for hydroxylation is 1. The second kappa shape index (κ2) is 4.68. The van der Waals surface area contributed by atoms with Crippen molar-refractivity contribution in [2.24, 2.45) is 0 Å². The fraction of sp³-hybridized carbons (Fsp3) is 0.0588. The van der Waals surface area contributed by atoms with Crippen LogP contribution in [0.5, 0.6) is 0 Å². The Morgan fingerprint density at radius 1 is 1.09 bits per heavy atom. The Morgan fingerprint density at radius 2 is 1.82 bits per heavy atom. The Morgan fingerprint density at radius 3 is 2.59 bits per heavy atom. The van der Waals surface area contributed by atoms with Crippen molar-refractivity contribution in [1.29, 1.82) is 0 Å². The van der Waals surface area contributed by atoms with Crippen LogP contribution in [0, 0.1) is 11.7 Å². The number of nitrogens with one attached hydrogen (secondary N) is 1. The zero-order valence-electron chi connectivity index (χ0n) is 11.8. The zero-order chi connectivity index (χ0) is 15.3. The van der Waals surface area contributed by atoms with Crippen molar-refractivity contribution < 1.29 is 4.42 Å². The Balaban J connectivity index is 2.13. The highest BCUT2D eigenvalue weighted by Gasteiger charge is 2.14. The zero-order valence-corrected chi connectivity index (χ0v) is 12.6. The SMILES string of the molecule is Cc1ccc(-n2c(=S)[nH]c3c(oc4ccccc43)c2=O)cc1. The Hall–Kier alpha value is -2.66. The Labute approximate surface area is 130 Å². The number of H-pyrrole nitrogens is 1. The van der Waals surface area contributed by atoms with Crippen molar-refractivity contribution in [3.63, 3.8) is 0 Å². The molecule has 0 saturated heterocycles. The fourth-order valence-electron chi connectivity index (χ4n) is 2.61. The number of nitrogens with zero attached hydrogens (tertiary/aromatic N) is 1. The summed E-state index contributed by atoms with van der Waals surface area (Å²) >= 11 is 5.38. The molecular weight excluding hydrogens is 296 g/mol. The van der Waals surface area contributed by atoms with Gasteiger partial charge in [0.05, 0.1) is 5.69 Å². The second-order valence-electron chi connectivity index (χ2n) is 5.21. The summed E-state index contributed by atoms with van der Waals surface area (Å²) in [6, 6.07) is 15.1. The van der Waals surface area contributed by atoms with E-state index >= 15 is 0 Å². The topological polar surface area (TPSA) is 50.9 Å². The summed E-state index contributed by atoms with van der Waals surface area (Å²) in [5, 5.41) is 0.858. The van der Waals surface area contributed by atoms with Gasteiger partial charge in [-0.25, -0.2) is 0 Å². The highest BCUT2D eigenvalue weighted by Crippen LogP contribution is 2.24. The van der Waals surface area contributed by atoms with Crippen molar-refractivity contribution in [3.05, 3.63) is 69.2 Å². The molecule has 0 aliphatic rings. The van der Waals surface area contributed by atoms with Gasteiger partial charge in [-0.1, -0.05) is 29.8 Å². The molecule has 4 rings (SSSR count). The van der Waals surface area contributed by atoms with Crippen molar-refractivity contribution in [2.45, 2.75) is 6.92 Å². The van der Waals surface area contributed by atoms with Crippen molar-refractivity contribution >= 4 is 34.3 Å². The number of rotatable bonds is 1. The van der Waals surface area contributed by atoms with Crippen LogP contribution in [0.15, 0.2) is 57.7 Å². The van der Waals surface area contributed by atoms with Crippen molar-refractivity contribution in [1.82, 2.24) is 9.55 Å². The van der Waals surface area contributed by atoms with E-state index in [9.17, 15) is 4.79 Å². The number of benzene rings is 2. The maximum absolute atomic E-state index is 12.8. The molecule has 4 nitrogen and oxygen atoms in total. The lowest BCUT2D eigenvalue weighted by atomic mass is 10.2.